The Morgan fingerprint density at radius 3 is 2.79 bits per heavy atom. The van der Waals surface area contributed by atoms with Gasteiger partial charge in [-0.25, -0.2) is 0 Å². The van der Waals surface area contributed by atoms with Crippen molar-refractivity contribution in [2.45, 2.75) is 44.5 Å². The molecular weight excluding hydrogens is 376 g/mol. The quantitative estimate of drug-likeness (QED) is 0.648. The maximum atomic E-state index is 12.1. The Hall–Kier alpha value is -2.06. The fraction of sp³-hybridized carbons (Fsp3) is 0.550. The molecule has 2 aromatic rings. The number of amides is 1. The molecule has 1 atom stereocenters. The van der Waals surface area contributed by atoms with Crippen molar-refractivity contribution >= 4 is 17.7 Å². The van der Waals surface area contributed by atoms with Gasteiger partial charge in [-0.2, -0.15) is 0 Å². The second kappa shape index (κ2) is 9.93. The predicted molar refractivity (Wildman–Crippen MR) is 110 cm³/mol. The van der Waals surface area contributed by atoms with Crippen LogP contribution in [0.5, 0.6) is 5.75 Å². The van der Waals surface area contributed by atoms with E-state index in [1.807, 2.05) is 24.3 Å². The van der Waals surface area contributed by atoms with Gasteiger partial charge in [0, 0.05) is 18.7 Å². The minimum absolute atomic E-state index is 0.0105. The number of hydrogen-bond donors (Lipinski definition) is 1. The number of nitrogens with zero attached hydrogens (tertiary/aromatic N) is 3. The number of nitrogens with one attached hydrogen (secondary N) is 1. The molecule has 1 N–H and O–H groups in total. The van der Waals surface area contributed by atoms with Crippen LogP contribution in [-0.4, -0.2) is 52.8 Å². The van der Waals surface area contributed by atoms with E-state index in [-0.39, 0.29) is 12.0 Å². The molecule has 0 radical (unpaired) electrons. The zero-order valence-corrected chi connectivity index (χ0v) is 17.5. The molecule has 2 heterocycles. The Labute approximate surface area is 170 Å². The molecule has 7 nitrogen and oxygen atoms in total. The van der Waals surface area contributed by atoms with Crippen LogP contribution in [0, 0.1) is 5.92 Å². The van der Waals surface area contributed by atoms with Gasteiger partial charge < -0.3 is 14.8 Å². The van der Waals surface area contributed by atoms with Crippen LogP contribution in [0.4, 0.5) is 0 Å². The highest BCUT2D eigenvalue weighted by atomic mass is 32.2. The summed E-state index contributed by atoms with van der Waals surface area (Å²) in [4.78, 5) is 12.1. The van der Waals surface area contributed by atoms with Crippen LogP contribution in [0.15, 0.2) is 29.4 Å². The summed E-state index contributed by atoms with van der Waals surface area (Å²) in [5.74, 6) is 2.34. The molecule has 1 aromatic heterocycles. The zero-order valence-electron chi connectivity index (χ0n) is 16.7. The molecule has 3 rings (SSSR count). The van der Waals surface area contributed by atoms with Gasteiger partial charge in [-0.15, -0.1) is 10.2 Å². The van der Waals surface area contributed by atoms with Crippen LogP contribution in [0.3, 0.4) is 0 Å². The lowest BCUT2D eigenvalue weighted by atomic mass is 10.2. The van der Waals surface area contributed by atoms with Crippen LogP contribution in [0.1, 0.15) is 26.7 Å². The maximum Gasteiger partial charge on any atom is 0.230 e. The van der Waals surface area contributed by atoms with Gasteiger partial charge in [0.1, 0.15) is 5.75 Å². The van der Waals surface area contributed by atoms with Crippen LogP contribution < -0.4 is 10.1 Å². The van der Waals surface area contributed by atoms with Crippen molar-refractivity contribution in [3.8, 4) is 17.1 Å². The molecule has 0 bridgehead atoms. The molecule has 1 aliphatic rings. The SMILES string of the molecule is COc1ccc(-c2nnc(SCC(=O)NCC(C)C)n2CC2CCCO2)cc1. The average Bonchev–Trinajstić information content (AvgIpc) is 3.35. The number of rotatable bonds is 9. The molecule has 28 heavy (non-hydrogen) atoms. The molecular formula is C20H28N4O3S. The van der Waals surface area contributed by atoms with Gasteiger partial charge >= 0.3 is 0 Å². The van der Waals surface area contributed by atoms with Crippen LogP contribution in [0.2, 0.25) is 0 Å². The lowest BCUT2D eigenvalue weighted by Gasteiger charge is -2.15. The highest BCUT2D eigenvalue weighted by Crippen LogP contribution is 2.27. The molecule has 1 aromatic carbocycles. The first-order valence-corrected chi connectivity index (χ1v) is 10.6. The Morgan fingerprint density at radius 2 is 2.14 bits per heavy atom. The predicted octanol–water partition coefficient (Wildman–Crippen LogP) is 3.00. The third kappa shape index (κ3) is 5.48. The van der Waals surface area contributed by atoms with Gasteiger partial charge in [0.2, 0.25) is 5.91 Å². The smallest absolute Gasteiger partial charge is 0.230 e. The van der Waals surface area contributed by atoms with Crippen LogP contribution in [-0.2, 0) is 16.1 Å². The standard InChI is InChI=1S/C20H28N4O3S/c1-14(2)11-21-18(25)13-28-20-23-22-19(15-6-8-16(26-3)9-7-15)24(20)12-17-5-4-10-27-17/h6-9,14,17H,4-5,10-13H2,1-3H3,(H,21,25). The van der Waals surface area contributed by atoms with Crippen molar-refractivity contribution in [1.82, 2.24) is 20.1 Å². The Bertz CT molecular complexity index is 770. The average molecular weight is 405 g/mol. The first-order valence-electron chi connectivity index (χ1n) is 9.65. The number of thioether (sulfide) groups is 1. The van der Waals surface area contributed by atoms with Crippen molar-refractivity contribution in [3.05, 3.63) is 24.3 Å². The number of carbonyl (C=O) groups is 1. The highest BCUT2D eigenvalue weighted by molar-refractivity contribution is 7.99. The topological polar surface area (TPSA) is 78.3 Å². The molecule has 0 aliphatic carbocycles. The van der Waals surface area contributed by atoms with Crippen molar-refractivity contribution in [1.29, 1.82) is 0 Å². The van der Waals surface area contributed by atoms with Crippen LogP contribution in [0.25, 0.3) is 11.4 Å². The number of benzene rings is 1. The largest absolute Gasteiger partial charge is 0.497 e. The molecule has 152 valence electrons. The molecule has 1 unspecified atom stereocenters. The second-order valence-corrected chi connectivity index (χ2v) is 8.21. The number of ether oxygens (including phenoxy) is 2. The first-order chi connectivity index (χ1) is 13.6. The highest BCUT2D eigenvalue weighted by Gasteiger charge is 2.22. The molecule has 1 amide bonds. The maximum absolute atomic E-state index is 12.1. The second-order valence-electron chi connectivity index (χ2n) is 7.27. The summed E-state index contributed by atoms with van der Waals surface area (Å²) in [6, 6.07) is 7.76. The summed E-state index contributed by atoms with van der Waals surface area (Å²) in [5.41, 5.74) is 0.961. The number of carbonyl (C=O) groups excluding carboxylic acids is 1. The first kappa shape index (κ1) is 20.7. The fourth-order valence-electron chi connectivity index (χ4n) is 3.00. The summed E-state index contributed by atoms with van der Waals surface area (Å²) >= 11 is 1.41. The van der Waals surface area contributed by atoms with E-state index in [0.717, 1.165) is 41.7 Å². The number of aromatic nitrogens is 3. The van der Waals surface area contributed by atoms with E-state index in [4.69, 9.17) is 9.47 Å². The van der Waals surface area contributed by atoms with E-state index >= 15 is 0 Å². The Morgan fingerprint density at radius 1 is 1.36 bits per heavy atom. The summed E-state index contributed by atoms with van der Waals surface area (Å²) < 4.78 is 13.1. The Balaban J connectivity index is 1.76. The van der Waals surface area contributed by atoms with Gasteiger partial charge in [0.25, 0.3) is 0 Å². The minimum Gasteiger partial charge on any atom is -0.497 e. The third-order valence-corrected chi connectivity index (χ3v) is 5.48. The molecule has 0 saturated carbocycles. The lowest BCUT2D eigenvalue weighted by Crippen LogP contribution is -2.29. The summed E-state index contributed by atoms with van der Waals surface area (Å²) in [5, 5.41) is 12.4. The fourth-order valence-corrected chi connectivity index (χ4v) is 3.78. The summed E-state index contributed by atoms with van der Waals surface area (Å²) in [6.07, 6.45) is 2.26. The lowest BCUT2D eigenvalue weighted by molar-refractivity contribution is -0.118. The molecule has 1 saturated heterocycles. The van der Waals surface area contributed by atoms with Gasteiger partial charge in [-0.1, -0.05) is 25.6 Å². The van der Waals surface area contributed by atoms with E-state index in [2.05, 4.69) is 33.9 Å². The van der Waals surface area contributed by atoms with Gasteiger partial charge in [-0.05, 0) is 43.0 Å². The zero-order chi connectivity index (χ0) is 19.9. The monoisotopic (exact) mass is 404 g/mol. The van der Waals surface area contributed by atoms with Crippen molar-refractivity contribution in [2.75, 3.05) is 26.0 Å². The normalized spacial score (nSPS) is 16.5. The van der Waals surface area contributed by atoms with E-state index in [1.165, 1.54) is 11.8 Å². The van der Waals surface area contributed by atoms with E-state index in [1.54, 1.807) is 7.11 Å². The molecule has 8 heteroatoms. The third-order valence-electron chi connectivity index (χ3n) is 4.52. The van der Waals surface area contributed by atoms with Gasteiger partial charge in [-0.3, -0.25) is 9.36 Å². The van der Waals surface area contributed by atoms with Crippen LogP contribution >= 0.6 is 11.8 Å². The number of methoxy groups -OCH3 is 1. The van der Waals surface area contributed by atoms with Crippen molar-refractivity contribution in [3.63, 3.8) is 0 Å². The van der Waals surface area contributed by atoms with E-state index in [9.17, 15) is 4.79 Å². The summed E-state index contributed by atoms with van der Waals surface area (Å²) in [7, 11) is 1.65. The van der Waals surface area contributed by atoms with Crippen molar-refractivity contribution in [2.24, 2.45) is 5.92 Å². The van der Waals surface area contributed by atoms with Gasteiger partial charge in [0.05, 0.1) is 25.5 Å². The Kier molecular flexibility index (Phi) is 7.33. The number of hydrogen-bond acceptors (Lipinski definition) is 6. The van der Waals surface area contributed by atoms with Crippen molar-refractivity contribution < 1.29 is 14.3 Å². The summed E-state index contributed by atoms with van der Waals surface area (Å²) in [6.45, 7) is 6.31. The van der Waals surface area contributed by atoms with E-state index in [0.29, 0.717) is 24.8 Å². The molecule has 1 aliphatic heterocycles. The molecule has 1 fully saturated rings. The van der Waals surface area contributed by atoms with E-state index < -0.39 is 0 Å². The molecule has 0 spiro atoms. The minimum atomic E-state index is 0.0105. The van der Waals surface area contributed by atoms with Gasteiger partial charge in [0.15, 0.2) is 11.0 Å².